The Hall–Kier alpha value is -0.800. The third-order valence-corrected chi connectivity index (χ3v) is 3.28. The second-order valence-corrected chi connectivity index (χ2v) is 4.37. The first-order valence-electron chi connectivity index (χ1n) is 5.49. The van der Waals surface area contributed by atoms with Gasteiger partial charge in [0.05, 0.1) is 6.26 Å². The number of nitrogens with zero attached hydrogens (tertiary/aromatic N) is 1. The third-order valence-electron chi connectivity index (χ3n) is 3.28. The van der Waals surface area contributed by atoms with E-state index in [2.05, 4.69) is 25.8 Å². The van der Waals surface area contributed by atoms with E-state index in [9.17, 15) is 0 Å². The molecular formula is C12H22N2O. The van der Waals surface area contributed by atoms with Crippen LogP contribution < -0.4 is 5.73 Å². The van der Waals surface area contributed by atoms with Crippen molar-refractivity contribution < 1.29 is 4.42 Å². The van der Waals surface area contributed by atoms with Crippen LogP contribution in [0.1, 0.15) is 25.2 Å². The fraction of sp³-hybridized carbons (Fsp3) is 0.667. The van der Waals surface area contributed by atoms with Gasteiger partial charge in [0.15, 0.2) is 0 Å². The average Bonchev–Trinajstić information content (AvgIpc) is 2.62. The quantitative estimate of drug-likeness (QED) is 0.808. The molecule has 86 valence electrons. The Kier molecular flexibility index (Phi) is 4.36. The Morgan fingerprint density at radius 1 is 1.47 bits per heavy atom. The molecule has 2 atom stereocenters. The molecule has 0 radical (unpaired) electrons. The monoisotopic (exact) mass is 210 g/mol. The molecule has 1 aromatic heterocycles. The Balaban J connectivity index is 2.55. The van der Waals surface area contributed by atoms with E-state index in [0.717, 1.165) is 18.8 Å². The first kappa shape index (κ1) is 12.3. The summed E-state index contributed by atoms with van der Waals surface area (Å²) in [4.78, 5) is 2.31. The number of hydrogen-bond donors (Lipinski definition) is 1. The van der Waals surface area contributed by atoms with Gasteiger partial charge in [-0.25, -0.2) is 0 Å². The summed E-state index contributed by atoms with van der Waals surface area (Å²) in [5, 5.41) is 0. The van der Waals surface area contributed by atoms with Gasteiger partial charge in [-0.2, -0.15) is 0 Å². The zero-order chi connectivity index (χ0) is 11.4. The van der Waals surface area contributed by atoms with Crippen LogP contribution in [0, 0.1) is 12.8 Å². The Morgan fingerprint density at radius 3 is 2.60 bits per heavy atom. The van der Waals surface area contributed by atoms with Crippen molar-refractivity contribution in [2.45, 2.75) is 33.4 Å². The molecule has 0 aliphatic rings. The molecule has 1 rings (SSSR count). The summed E-state index contributed by atoms with van der Waals surface area (Å²) in [6, 6.07) is 2.52. The van der Waals surface area contributed by atoms with Crippen molar-refractivity contribution in [1.82, 2.24) is 4.90 Å². The van der Waals surface area contributed by atoms with Crippen molar-refractivity contribution in [1.29, 1.82) is 0 Å². The van der Waals surface area contributed by atoms with Crippen LogP contribution in [0.4, 0.5) is 0 Å². The van der Waals surface area contributed by atoms with E-state index in [1.54, 1.807) is 6.26 Å². The molecule has 2 unspecified atom stereocenters. The van der Waals surface area contributed by atoms with Crippen LogP contribution in [0.5, 0.6) is 0 Å². The first-order valence-corrected chi connectivity index (χ1v) is 5.49. The minimum absolute atomic E-state index is 0.490. The molecule has 0 saturated carbocycles. The summed E-state index contributed by atoms with van der Waals surface area (Å²) in [5.74, 6) is 1.52. The number of rotatable bonds is 5. The number of furan rings is 1. The maximum Gasteiger partial charge on any atom is 0.105 e. The molecule has 1 heterocycles. The fourth-order valence-corrected chi connectivity index (χ4v) is 1.62. The molecule has 1 aromatic rings. The Morgan fingerprint density at radius 2 is 2.13 bits per heavy atom. The van der Waals surface area contributed by atoms with E-state index in [1.165, 1.54) is 5.56 Å². The van der Waals surface area contributed by atoms with E-state index in [-0.39, 0.29) is 0 Å². The van der Waals surface area contributed by atoms with Crippen molar-refractivity contribution in [3.05, 3.63) is 23.7 Å². The van der Waals surface area contributed by atoms with E-state index >= 15 is 0 Å². The van der Waals surface area contributed by atoms with Gasteiger partial charge in [0.25, 0.3) is 0 Å². The van der Waals surface area contributed by atoms with E-state index in [4.69, 9.17) is 10.2 Å². The summed E-state index contributed by atoms with van der Waals surface area (Å²) in [6.07, 6.45) is 1.75. The molecule has 0 saturated heterocycles. The third kappa shape index (κ3) is 3.08. The lowest BCUT2D eigenvalue weighted by Crippen LogP contribution is -2.37. The van der Waals surface area contributed by atoms with Gasteiger partial charge in [-0.3, -0.25) is 4.90 Å². The number of hydrogen-bond acceptors (Lipinski definition) is 3. The molecule has 0 fully saturated rings. The molecule has 0 aliphatic carbocycles. The molecular weight excluding hydrogens is 188 g/mol. The minimum atomic E-state index is 0.490. The van der Waals surface area contributed by atoms with Crippen LogP contribution >= 0.6 is 0 Å². The van der Waals surface area contributed by atoms with Crippen LogP contribution in [-0.4, -0.2) is 24.5 Å². The van der Waals surface area contributed by atoms with Crippen LogP contribution in [-0.2, 0) is 6.54 Å². The minimum Gasteiger partial charge on any atom is -0.469 e. The molecule has 3 heteroatoms. The Labute approximate surface area is 92.2 Å². The SMILES string of the molecule is Cc1occc1CN(C)C(C)C(C)CN. The molecule has 0 amide bonds. The lowest BCUT2D eigenvalue weighted by molar-refractivity contribution is 0.194. The number of aryl methyl sites for hydroxylation is 1. The van der Waals surface area contributed by atoms with Gasteiger partial charge in [0.2, 0.25) is 0 Å². The Bertz CT molecular complexity index is 296. The smallest absolute Gasteiger partial charge is 0.105 e. The lowest BCUT2D eigenvalue weighted by Gasteiger charge is -2.28. The summed E-state index contributed by atoms with van der Waals surface area (Å²) in [5.41, 5.74) is 6.93. The summed E-state index contributed by atoms with van der Waals surface area (Å²) < 4.78 is 5.28. The normalized spacial score (nSPS) is 15.6. The molecule has 0 aromatic carbocycles. The molecule has 0 aliphatic heterocycles. The first-order chi connectivity index (χ1) is 7.06. The largest absolute Gasteiger partial charge is 0.469 e. The molecule has 3 nitrogen and oxygen atoms in total. The highest BCUT2D eigenvalue weighted by Crippen LogP contribution is 2.15. The van der Waals surface area contributed by atoms with Gasteiger partial charge < -0.3 is 10.2 Å². The fourth-order valence-electron chi connectivity index (χ4n) is 1.62. The highest BCUT2D eigenvalue weighted by atomic mass is 16.3. The van der Waals surface area contributed by atoms with Gasteiger partial charge in [-0.15, -0.1) is 0 Å². The zero-order valence-electron chi connectivity index (χ0n) is 10.2. The standard InChI is InChI=1S/C12H22N2O/c1-9(7-13)10(2)14(4)8-12-5-6-15-11(12)3/h5-6,9-10H,7-8,13H2,1-4H3. The van der Waals surface area contributed by atoms with Crippen molar-refractivity contribution in [2.75, 3.05) is 13.6 Å². The molecule has 0 bridgehead atoms. The maximum atomic E-state index is 5.67. The van der Waals surface area contributed by atoms with Gasteiger partial charge in [-0.1, -0.05) is 6.92 Å². The highest BCUT2D eigenvalue weighted by molar-refractivity contribution is 5.15. The summed E-state index contributed by atoms with van der Waals surface area (Å²) in [6.45, 7) is 8.06. The maximum absolute atomic E-state index is 5.67. The summed E-state index contributed by atoms with van der Waals surface area (Å²) in [7, 11) is 2.13. The van der Waals surface area contributed by atoms with Crippen LogP contribution in [0.2, 0.25) is 0 Å². The van der Waals surface area contributed by atoms with Crippen LogP contribution in [0.25, 0.3) is 0 Å². The average molecular weight is 210 g/mol. The van der Waals surface area contributed by atoms with Crippen molar-refractivity contribution in [3.63, 3.8) is 0 Å². The highest BCUT2D eigenvalue weighted by Gasteiger charge is 2.16. The molecule has 0 spiro atoms. The number of nitrogens with two attached hydrogens (primary N) is 1. The van der Waals surface area contributed by atoms with Gasteiger partial charge in [0, 0.05) is 18.2 Å². The predicted molar refractivity (Wildman–Crippen MR) is 62.6 cm³/mol. The second-order valence-electron chi connectivity index (χ2n) is 4.37. The summed E-state index contributed by atoms with van der Waals surface area (Å²) >= 11 is 0. The van der Waals surface area contributed by atoms with E-state index in [0.29, 0.717) is 12.0 Å². The van der Waals surface area contributed by atoms with Gasteiger partial charge in [-0.05, 0) is 39.4 Å². The molecule has 15 heavy (non-hydrogen) atoms. The van der Waals surface area contributed by atoms with E-state index in [1.807, 2.05) is 13.0 Å². The lowest BCUT2D eigenvalue weighted by atomic mass is 10.0. The van der Waals surface area contributed by atoms with Crippen LogP contribution in [0.3, 0.4) is 0 Å². The predicted octanol–water partition coefficient (Wildman–Crippen LogP) is 2.00. The zero-order valence-corrected chi connectivity index (χ0v) is 10.2. The van der Waals surface area contributed by atoms with Gasteiger partial charge >= 0.3 is 0 Å². The van der Waals surface area contributed by atoms with Crippen LogP contribution in [0.15, 0.2) is 16.7 Å². The topological polar surface area (TPSA) is 42.4 Å². The second kappa shape index (κ2) is 5.33. The van der Waals surface area contributed by atoms with Gasteiger partial charge in [0.1, 0.15) is 5.76 Å². The van der Waals surface area contributed by atoms with Crippen molar-refractivity contribution in [2.24, 2.45) is 11.7 Å². The van der Waals surface area contributed by atoms with E-state index < -0.39 is 0 Å². The molecule has 2 N–H and O–H groups in total. The van der Waals surface area contributed by atoms with Crippen molar-refractivity contribution >= 4 is 0 Å². The van der Waals surface area contributed by atoms with Crippen molar-refractivity contribution in [3.8, 4) is 0 Å².